The second kappa shape index (κ2) is 6.39. The van der Waals surface area contributed by atoms with Crippen LogP contribution in [0.25, 0.3) is 0 Å². The molecule has 0 bridgehead atoms. The van der Waals surface area contributed by atoms with Crippen LogP contribution in [-0.2, 0) is 13.5 Å². The maximum Gasteiger partial charge on any atom is 0.256 e. The van der Waals surface area contributed by atoms with Crippen LogP contribution in [0.1, 0.15) is 49.7 Å². The number of nitrogens with zero attached hydrogens (tertiary/aromatic N) is 2. The molecule has 19 heavy (non-hydrogen) atoms. The van der Waals surface area contributed by atoms with E-state index in [1.807, 2.05) is 20.8 Å². The SMILES string of the molecule is CCc1nn(C)c(Cl)c1C(=O)NCC(O)(CC)CC. The van der Waals surface area contributed by atoms with Crippen molar-refractivity contribution in [3.05, 3.63) is 16.4 Å². The fraction of sp³-hybridized carbons (Fsp3) is 0.692. The predicted molar refractivity (Wildman–Crippen MR) is 75.5 cm³/mol. The van der Waals surface area contributed by atoms with E-state index in [9.17, 15) is 9.90 Å². The Bertz CT molecular complexity index is 453. The van der Waals surface area contributed by atoms with Gasteiger partial charge in [0.05, 0.1) is 16.9 Å². The summed E-state index contributed by atoms with van der Waals surface area (Å²) in [6.07, 6.45) is 1.81. The first-order valence-electron chi connectivity index (χ1n) is 6.60. The molecule has 0 aliphatic heterocycles. The number of rotatable bonds is 6. The Labute approximate surface area is 118 Å². The maximum absolute atomic E-state index is 12.2. The number of aromatic nitrogens is 2. The minimum atomic E-state index is -0.864. The molecular formula is C13H22ClN3O2. The second-order valence-corrected chi connectivity index (χ2v) is 5.06. The molecule has 0 radical (unpaired) electrons. The molecule has 0 fully saturated rings. The van der Waals surface area contributed by atoms with Gasteiger partial charge in [-0.1, -0.05) is 32.4 Å². The molecule has 1 aromatic heterocycles. The van der Waals surface area contributed by atoms with E-state index < -0.39 is 5.60 Å². The third-order valence-electron chi connectivity index (χ3n) is 3.51. The van der Waals surface area contributed by atoms with Crippen LogP contribution >= 0.6 is 11.6 Å². The molecule has 0 aliphatic rings. The van der Waals surface area contributed by atoms with Crippen molar-refractivity contribution in [3.63, 3.8) is 0 Å². The van der Waals surface area contributed by atoms with E-state index in [1.165, 1.54) is 4.68 Å². The molecule has 0 atom stereocenters. The molecule has 0 saturated carbocycles. The zero-order valence-corrected chi connectivity index (χ0v) is 12.7. The zero-order valence-electron chi connectivity index (χ0n) is 12.0. The second-order valence-electron chi connectivity index (χ2n) is 4.70. The van der Waals surface area contributed by atoms with Crippen LogP contribution in [0, 0.1) is 0 Å². The number of aryl methyl sites for hydroxylation is 2. The van der Waals surface area contributed by atoms with Gasteiger partial charge in [-0.25, -0.2) is 0 Å². The smallest absolute Gasteiger partial charge is 0.256 e. The summed E-state index contributed by atoms with van der Waals surface area (Å²) in [5.74, 6) is -0.282. The Morgan fingerprint density at radius 2 is 2.00 bits per heavy atom. The van der Waals surface area contributed by atoms with Crippen molar-refractivity contribution in [1.29, 1.82) is 0 Å². The molecule has 0 saturated heterocycles. The summed E-state index contributed by atoms with van der Waals surface area (Å²) < 4.78 is 1.49. The lowest BCUT2D eigenvalue weighted by Crippen LogP contribution is -2.42. The first-order chi connectivity index (χ1) is 8.88. The number of amides is 1. The maximum atomic E-state index is 12.2. The molecule has 1 heterocycles. The predicted octanol–water partition coefficient (Wildman–Crippen LogP) is 1.92. The van der Waals surface area contributed by atoms with Crippen LogP contribution in [-0.4, -0.2) is 32.9 Å². The van der Waals surface area contributed by atoms with Crippen LogP contribution < -0.4 is 5.32 Å². The molecule has 108 valence electrons. The van der Waals surface area contributed by atoms with Crippen LogP contribution in [0.5, 0.6) is 0 Å². The Morgan fingerprint density at radius 1 is 1.42 bits per heavy atom. The van der Waals surface area contributed by atoms with Gasteiger partial charge < -0.3 is 10.4 Å². The molecule has 0 spiro atoms. The van der Waals surface area contributed by atoms with Crippen LogP contribution in [0.4, 0.5) is 0 Å². The molecule has 1 aromatic rings. The van der Waals surface area contributed by atoms with Crippen molar-refractivity contribution in [2.75, 3.05) is 6.54 Å². The van der Waals surface area contributed by atoms with Crippen molar-refractivity contribution in [2.24, 2.45) is 7.05 Å². The Kier molecular flexibility index (Phi) is 5.38. The monoisotopic (exact) mass is 287 g/mol. The van der Waals surface area contributed by atoms with E-state index >= 15 is 0 Å². The van der Waals surface area contributed by atoms with Gasteiger partial charge in [0.15, 0.2) is 0 Å². The van der Waals surface area contributed by atoms with Crippen LogP contribution in [0.15, 0.2) is 0 Å². The highest BCUT2D eigenvalue weighted by atomic mass is 35.5. The van der Waals surface area contributed by atoms with Crippen LogP contribution in [0.3, 0.4) is 0 Å². The van der Waals surface area contributed by atoms with E-state index in [0.29, 0.717) is 35.7 Å². The van der Waals surface area contributed by atoms with Gasteiger partial charge in [0.2, 0.25) is 0 Å². The highest BCUT2D eigenvalue weighted by molar-refractivity contribution is 6.33. The van der Waals surface area contributed by atoms with E-state index in [0.717, 1.165) is 0 Å². The first-order valence-corrected chi connectivity index (χ1v) is 6.98. The van der Waals surface area contributed by atoms with Crippen molar-refractivity contribution in [1.82, 2.24) is 15.1 Å². The number of aliphatic hydroxyl groups is 1. The first kappa shape index (κ1) is 16.0. The van der Waals surface area contributed by atoms with E-state index in [-0.39, 0.29) is 12.5 Å². The summed E-state index contributed by atoms with van der Waals surface area (Å²) in [5, 5.41) is 17.4. The van der Waals surface area contributed by atoms with Gasteiger partial charge in [0, 0.05) is 13.6 Å². The molecule has 0 aliphatic carbocycles. The van der Waals surface area contributed by atoms with E-state index in [4.69, 9.17) is 11.6 Å². The van der Waals surface area contributed by atoms with Crippen molar-refractivity contribution >= 4 is 17.5 Å². The average Bonchev–Trinajstić information content (AvgIpc) is 2.71. The summed E-state index contributed by atoms with van der Waals surface area (Å²) >= 11 is 6.08. The lowest BCUT2D eigenvalue weighted by Gasteiger charge is -2.25. The normalized spacial score (nSPS) is 11.7. The van der Waals surface area contributed by atoms with Gasteiger partial charge >= 0.3 is 0 Å². The molecule has 1 amide bonds. The third-order valence-corrected chi connectivity index (χ3v) is 3.94. The molecule has 5 nitrogen and oxygen atoms in total. The molecule has 1 rings (SSSR count). The Hall–Kier alpha value is -1.07. The number of nitrogens with one attached hydrogen (secondary N) is 1. The van der Waals surface area contributed by atoms with Crippen molar-refractivity contribution in [3.8, 4) is 0 Å². The number of carbonyl (C=O) groups excluding carboxylic acids is 1. The summed E-state index contributed by atoms with van der Waals surface area (Å²) in [6.45, 7) is 5.92. The zero-order chi connectivity index (χ0) is 14.6. The standard InChI is InChI=1S/C13H22ClN3O2/c1-5-9-10(11(14)17(4)16-9)12(18)15-8-13(19,6-2)7-3/h19H,5-8H2,1-4H3,(H,15,18). The number of carbonyl (C=O) groups is 1. The minimum absolute atomic E-state index is 0.215. The summed E-state index contributed by atoms with van der Waals surface area (Å²) in [6, 6.07) is 0. The van der Waals surface area contributed by atoms with Crippen LogP contribution in [0.2, 0.25) is 5.15 Å². The lowest BCUT2D eigenvalue weighted by atomic mass is 9.97. The van der Waals surface area contributed by atoms with Gasteiger partial charge in [-0.15, -0.1) is 0 Å². The Morgan fingerprint density at radius 3 is 2.47 bits per heavy atom. The van der Waals surface area contributed by atoms with Crippen molar-refractivity contribution < 1.29 is 9.90 Å². The average molecular weight is 288 g/mol. The molecule has 2 N–H and O–H groups in total. The summed E-state index contributed by atoms with van der Waals surface area (Å²) in [7, 11) is 1.70. The molecule has 0 unspecified atom stereocenters. The largest absolute Gasteiger partial charge is 0.388 e. The third kappa shape index (κ3) is 3.48. The molecule has 0 aromatic carbocycles. The summed E-state index contributed by atoms with van der Waals surface area (Å²) in [4.78, 5) is 12.2. The summed E-state index contributed by atoms with van der Waals surface area (Å²) in [5.41, 5.74) is 0.208. The van der Waals surface area contributed by atoms with Gasteiger partial charge in [0.1, 0.15) is 5.15 Å². The fourth-order valence-corrected chi connectivity index (χ4v) is 2.09. The van der Waals surface area contributed by atoms with E-state index in [1.54, 1.807) is 7.05 Å². The van der Waals surface area contributed by atoms with Gasteiger partial charge in [-0.3, -0.25) is 9.48 Å². The van der Waals surface area contributed by atoms with Gasteiger partial charge in [-0.2, -0.15) is 5.10 Å². The number of hydrogen-bond donors (Lipinski definition) is 2. The topological polar surface area (TPSA) is 67.2 Å². The minimum Gasteiger partial charge on any atom is -0.388 e. The quantitative estimate of drug-likeness (QED) is 0.840. The lowest BCUT2D eigenvalue weighted by molar-refractivity contribution is 0.0314. The number of hydrogen-bond acceptors (Lipinski definition) is 3. The molecule has 6 heteroatoms. The highest BCUT2D eigenvalue weighted by Gasteiger charge is 2.25. The van der Waals surface area contributed by atoms with Gasteiger partial charge in [-0.05, 0) is 19.3 Å². The fourth-order valence-electron chi connectivity index (χ4n) is 1.86. The van der Waals surface area contributed by atoms with Crippen molar-refractivity contribution in [2.45, 2.75) is 45.6 Å². The highest BCUT2D eigenvalue weighted by Crippen LogP contribution is 2.20. The van der Waals surface area contributed by atoms with Gasteiger partial charge in [0.25, 0.3) is 5.91 Å². The number of halogens is 1. The molecular weight excluding hydrogens is 266 g/mol. The van der Waals surface area contributed by atoms with E-state index in [2.05, 4.69) is 10.4 Å². The Balaban J connectivity index is 2.85.